The average Bonchev–Trinajstić information content (AvgIpc) is 2.34. The molecule has 100 valence electrons. The maximum Gasteiger partial charge on any atom is 0.134 e. The van der Waals surface area contributed by atoms with Gasteiger partial charge in [0.15, 0.2) is 0 Å². The van der Waals surface area contributed by atoms with E-state index in [-0.39, 0.29) is 0 Å². The topological polar surface area (TPSA) is 37.9 Å². The van der Waals surface area contributed by atoms with Gasteiger partial charge in [0.05, 0.1) is 0 Å². The second-order valence-corrected chi connectivity index (χ2v) is 4.73. The second-order valence-electron chi connectivity index (χ2n) is 3.88. The van der Waals surface area contributed by atoms with Crippen molar-refractivity contribution < 1.29 is 9.13 Å². The van der Waals surface area contributed by atoms with E-state index in [0.29, 0.717) is 40.0 Å². The van der Waals surface area contributed by atoms with Crippen LogP contribution in [0.25, 0.3) is 11.3 Å². The fourth-order valence-corrected chi connectivity index (χ4v) is 2.09. The molecule has 1 heterocycles. The highest BCUT2D eigenvalue weighted by atomic mass is 35.5. The average molecular weight is 299 g/mol. The minimum absolute atomic E-state index is 0.330. The molecule has 3 nitrogen and oxygen atoms in total. The van der Waals surface area contributed by atoms with Gasteiger partial charge in [-0.1, -0.05) is 23.8 Å². The van der Waals surface area contributed by atoms with Gasteiger partial charge in [-0.2, -0.15) is 0 Å². The molecule has 2 aromatic rings. The van der Waals surface area contributed by atoms with Crippen molar-refractivity contribution in [2.75, 3.05) is 6.61 Å². The highest BCUT2D eigenvalue weighted by molar-refractivity contribution is 7.71. The van der Waals surface area contributed by atoms with Crippen molar-refractivity contribution in [3.05, 3.63) is 45.6 Å². The van der Waals surface area contributed by atoms with E-state index >= 15 is 0 Å². The molecule has 1 N–H and O–H groups in total. The minimum Gasteiger partial charge on any atom is -0.374 e. The Bertz CT molecular complexity index is 625. The largest absolute Gasteiger partial charge is 0.374 e. The zero-order chi connectivity index (χ0) is 13.8. The predicted molar refractivity (Wildman–Crippen MR) is 75.2 cm³/mol. The van der Waals surface area contributed by atoms with Gasteiger partial charge in [-0.25, -0.2) is 9.37 Å². The summed E-state index contributed by atoms with van der Waals surface area (Å²) in [6.07, 6.45) is 0. The Morgan fingerprint density at radius 1 is 1.37 bits per heavy atom. The summed E-state index contributed by atoms with van der Waals surface area (Å²) in [5.41, 5.74) is 1.28. The lowest BCUT2D eigenvalue weighted by atomic mass is 10.1. The first-order valence-corrected chi connectivity index (χ1v) is 6.51. The zero-order valence-electron chi connectivity index (χ0n) is 10.2. The number of benzene rings is 1. The molecule has 6 heteroatoms. The molecule has 0 saturated carbocycles. The number of hydrogen-bond acceptors (Lipinski definition) is 3. The summed E-state index contributed by atoms with van der Waals surface area (Å²) in [6, 6.07) is 5.96. The van der Waals surface area contributed by atoms with Gasteiger partial charge in [-0.15, -0.1) is 0 Å². The second kappa shape index (κ2) is 6.23. The smallest absolute Gasteiger partial charge is 0.134 e. The Balaban J connectivity index is 2.43. The van der Waals surface area contributed by atoms with Crippen LogP contribution in [0.1, 0.15) is 12.7 Å². The summed E-state index contributed by atoms with van der Waals surface area (Å²) in [6.45, 7) is 2.81. The first-order valence-electron chi connectivity index (χ1n) is 5.73. The van der Waals surface area contributed by atoms with Crippen LogP contribution in [0.2, 0.25) is 5.02 Å². The van der Waals surface area contributed by atoms with Crippen LogP contribution < -0.4 is 0 Å². The Hall–Kier alpha value is -1.30. The summed E-state index contributed by atoms with van der Waals surface area (Å²) in [5.74, 6) is 0.203. The molecular formula is C13H12ClFN2OS. The molecule has 0 aliphatic carbocycles. The van der Waals surface area contributed by atoms with Crippen molar-refractivity contribution in [3.8, 4) is 11.3 Å². The Morgan fingerprint density at radius 3 is 2.84 bits per heavy atom. The number of hydrogen-bond donors (Lipinski definition) is 1. The molecule has 0 spiro atoms. The van der Waals surface area contributed by atoms with E-state index in [2.05, 4.69) is 9.97 Å². The van der Waals surface area contributed by atoms with E-state index in [1.54, 1.807) is 12.1 Å². The van der Waals surface area contributed by atoms with Crippen molar-refractivity contribution in [3.63, 3.8) is 0 Å². The molecule has 0 atom stereocenters. The summed E-state index contributed by atoms with van der Waals surface area (Å²) >= 11 is 10.9. The number of aromatic amines is 1. The van der Waals surface area contributed by atoms with E-state index in [9.17, 15) is 4.39 Å². The van der Waals surface area contributed by atoms with Crippen LogP contribution in [0, 0.1) is 10.5 Å². The van der Waals surface area contributed by atoms with Crippen LogP contribution in [0.5, 0.6) is 0 Å². The number of nitrogens with one attached hydrogen (secondary N) is 1. The molecular weight excluding hydrogens is 287 g/mol. The SMILES string of the molecule is CCOCc1nc(=S)cc(-c2cc(F)cc(Cl)c2)[nH]1. The molecule has 0 unspecified atom stereocenters. The number of rotatable bonds is 4. The van der Waals surface area contributed by atoms with Gasteiger partial charge in [-0.3, -0.25) is 0 Å². The van der Waals surface area contributed by atoms with E-state index in [4.69, 9.17) is 28.6 Å². The molecule has 1 aromatic heterocycles. The first-order chi connectivity index (χ1) is 9.08. The summed E-state index contributed by atoms with van der Waals surface area (Å²) in [5, 5.41) is 0.331. The van der Waals surface area contributed by atoms with Crippen LogP contribution >= 0.6 is 23.8 Å². The molecule has 0 radical (unpaired) electrons. The molecule has 0 bridgehead atoms. The van der Waals surface area contributed by atoms with Gasteiger partial charge in [0.1, 0.15) is 22.9 Å². The van der Waals surface area contributed by atoms with Crippen molar-refractivity contribution in [1.29, 1.82) is 0 Å². The fraction of sp³-hybridized carbons (Fsp3) is 0.231. The summed E-state index contributed by atoms with van der Waals surface area (Å²) < 4.78 is 19.0. The zero-order valence-corrected chi connectivity index (χ0v) is 11.8. The van der Waals surface area contributed by atoms with Crippen molar-refractivity contribution in [2.24, 2.45) is 0 Å². The van der Waals surface area contributed by atoms with Crippen LogP contribution in [0.4, 0.5) is 4.39 Å². The van der Waals surface area contributed by atoms with Gasteiger partial charge >= 0.3 is 0 Å². The fourth-order valence-electron chi connectivity index (χ4n) is 1.64. The van der Waals surface area contributed by atoms with Gasteiger partial charge < -0.3 is 9.72 Å². The van der Waals surface area contributed by atoms with E-state index in [0.717, 1.165) is 0 Å². The van der Waals surface area contributed by atoms with Crippen LogP contribution in [0.3, 0.4) is 0 Å². The monoisotopic (exact) mass is 298 g/mol. The third kappa shape index (κ3) is 3.83. The van der Waals surface area contributed by atoms with Crippen molar-refractivity contribution in [1.82, 2.24) is 9.97 Å². The molecule has 0 saturated heterocycles. The van der Waals surface area contributed by atoms with Crippen LogP contribution in [-0.2, 0) is 11.3 Å². The third-order valence-corrected chi connectivity index (χ3v) is 2.84. The lowest BCUT2D eigenvalue weighted by Gasteiger charge is -2.07. The number of aromatic nitrogens is 2. The Morgan fingerprint density at radius 2 is 2.16 bits per heavy atom. The van der Waals surface area contributed by atoms with E-state index in [1.807, 2.05) is 6.92 Å². The molecule has 1 aromatic carbocycles. The highest BCUT2D eigenvalue weighted by Crippen LogP contribution is 2.23. The number of halogens is 2. The van der Waals surface area contributed by atoms with Gasteiger partial charge in [0, 0.05) is 22.9 Å². The first kappa shape index (κ1) is 14.1. The molecule has 0 aliphatic rings. The lowest BCUT2D eigenvalue weighted by Crippen LogP contribution is -2.00. The normalized spacial score (nSPS) is 10.7. The molecule has 2 rings (SSSR count). The van der Waals surface area contributed by atoms with E-state index in [1.165, 1.54) is 12.1 Å². The Labute approximate surface area is 120 Å². The predicted octanol–water partition coefficient (Wildman–Crippen LogP) is 4.14. The minimum atomic E-state index is -0.398. The number of ether oxygens (including phenoxy) is 1. The number of nitrogens with zero attached hydrogens (tertiary/aromatic N) is 1. The van der Waals surface area contributed by atoms with Crippen LogP contribution in [0.15, 0.2) is 24.3 Å². The van der Waals surface area contributed by atoms with Crippen LogP contribution in [-0.4, -0.2) is 16.6 Å². The molecule has 0 aliphatic heterocycles. The third-order valence-electron chi connectivity index (χ3n) is 2.41. The Kier molecular flexibility index (Phi) is 4.63. The summed E-state index contributed by atoms with van der Waals surface area (Å²) in [7, 11) is 0. The van der Waals surface area contributed by atoms with Crippen molar-refractivity contribution >= 4 is 23.8 Å². The van der Waals surface area contributed by atoms with E-state index < -0.39 is 5.82 Å². The quantitative estimate of drug-likeness (QED) is 0.862. The summed E-state index contributed by atoms with van der Waals surface area (Å²) in [4.78, 5) is 7.21. The molecule has 0 fully saturated rings. The highest BCUT2D eigenvalue weighted by Gasteiger charge is 2.05. The lowest BCUT2D eigenvalue weighted by molar-refractivity contribution is 0.128. The molecule has 0 amide bonds. The maximum absolute atomic E-state index is 13.4. The number of H-pyrrole nitrogens is 1. The van der Waals surface area contributed by atoms with Gasteiger partial charge in [0.25, 0.3) is 0 Å². The molecule has 19 heavy (non-hydrogen) atoms. The standard InChI is InChI=1S/C13H12ClFN2OS/c1-2-18-7-12-16-11(6-13(19)17-12)8-3-9(14)5-10(15)4-8/h3-6H,2,7H2,1H3,(H,16,17,19). The van der Waals surface area contributed by atoms with Crippen molar-refractivity contribution in [2.45, 2.75) is 13.5 Å². The van der Waals surface area contributed by atoms with Gasteiger partial charge in [-0.05, 0) is 31.2 Å². The maximum atomic E-state index is 13.4. The van der Waals surface area contributed by atoms with Gasteiger partial charge in [0.2, 0.25) is 0 Å².